The predicted octanol–water partition coefficient (Wildman–Crippen LogP) is 2.50. The van der Waals surface area contributed by atoms with Crippen LogP contribution in [0.2, 0.25) is 0 Å². The minimum atomic E-state index is -1.13. The fourth-order valence-corrected chi connectivity index (χ4v) is 2.11. The second-order valence-electron chi connectivity index (χ2n) is 4.32. The highest BCUT2D eigenvalue weighted by atomic mass is 19.1. The summed E-state index contributed by atoms with van der Waals surface area (Å²) in [7, 11) is 0. The van der Waals surface area contributed by atoms with Crippen molar-refractivity contribution in [3.8, 4) is 0 Å². The van der Waals surface area contributed by atoms with Crippen LogP contribution in [0.3, 0.4) is 0 Å². The molecular formula is C13H16FNO3. The van der Waals surface area contributed by atoms with E-state index in [9.17, 15) is 9.18 Å². The van der Waals surface area contributed by atoms with Crippen LogP contribution in [0, 0.1) is 5.82 Å². The predicted molar refractivity (Wildman–Crippen MR) is 65.4 cm³/mol. The molecule has 0 aromatic heterocycles. The first-order valence-electron chi connectivity index (χ1n) is 6.06. The van der Waals surface area contributed by atoms with Gasteiger partial charge in [-0.3, -0.25) is 0 Å². The summed E-state index contributed by atoms with van der Waals surface area (Å²) < 4.78 is 19.0. The maximum atomic E-state index is 13.6. The number of rotatable bonds is 5. The lowest BCUT2D eigenvalue weighted by atomic mass is 10.1. The number of para-hydroxylation sites is 1. The Morgan fingerprint density at radius 2 is 2.39 bits per heavy atom. The summed E-state index contributed by atoms with van der Waals surface area (Å²) in [4.78, 5) is 11.0. The van der Waals surface area contributed by atoms with Crippen LogP contribution >= 0.6 is 0 Å². The Morgan fingerprint density at radius 1 is 1.56 bits per heavy atom. The molecule has 1 aromatic carbocycles. The smallest absolute Gasteiger partial charge is 0.337 e. The van der Waals surface area contributed by atoms with Gasteiger partial charge in [-0.15, -0.1) is 0 Å². The number of carbonyl (C=O) groups is 1. The number of benzene rings is 1. The minimum Gasteiger partial charge on any atom is -0.478 e. The molecule has 18 heavy (non-hydrogen) atoms. The van der Waals surface area contributed by atoms with Crippen molar-refractivity contribution in [2.24, 2.45) is 0 Å². The maximum absolute atomic E-state index is 13.6. The van der Waals surface area contributed by atoms with Crippen molar-refractivity contribution >= 4 is 11.7 Å². The van der Waals surface area contributed by atoms with Crippen molar-refractivity contribution in [2.45, 2.75) is 25.4 Å². The van der Waals surface area contributed by atoms with E-state index in [4.69, 9.17) is 9.84 Å². The minimum absolute atomic E-state index is 0.0395. The molecule has 1 fully saturated rings. The average molecular weight is 253 g/mol. The first-order chi connectivity index (χ1) is 8.68. The highest BCUT2D eigenvalue weighted by Crippen LogP contribution is 2.21. The molecule has 1 saturated heterocycles. The molecule has 0 saturated carbocycles. The molecule has 0 bridgehead atoms. The van der Waals surface area contributed by atoms with Crippen LogP contribution in [0.4, 0.5) is 10.1 Å². The van der Waals surface area contributed by atoms with Crippen molar-refractivity contribution in [1.29, 1.82) is 0 Å². The highest BCUT2D eigenvalue weighted by Gasteiger charge is 2.17. The number of ether oxygens (including phenoxy) is 1. The van der Waals surface area contributed by atoms with Crippen LogP contribution in [0.5, 0.6) is 0 Å². The van der Waals surface area contributed by atoms with Gasteiger partial charge >= 0.3 is 5.97 Å². The number of aromatic carboxylic acids is 1. The van der Waals surface area contributed by atoms with Crippen molar-refractivity contribution in [2.75, 3.05) is 18.5 Å². The molecule has 5 heteroatoms. The molecule has 98 valence electrons. The van der Waals surface area contributed by atoms with Gasteiger partial charge < -0.3 is 15.2 Å². The van der Waals surface area contributed by atoms with Gasteiger partial charge in [0.25, 0.3) is 0 Å². The molecule has 1 aliphatic rings. The average Bonchev–Trinajstić information content (AvgIpc) is 2.84. The van der Waals surface area contributed by atoms with E-state index in [0.717, 1.165) is 25.9 Å². The highest BCUT2D eigenvalue weighted by molar-refractivity contribution is 5.94. The van der Waals surface area contributed by atoms with Crippen molar-refractivity contribution < 1.29 is 19.0 Å². The summed E-state index contributed by atoms with van der Waals surface area (Å²) in [5, 5.41) is 11.8. The van der Waals surface area contributed by atoms with Gasteiger partial charge in [0.15, 0.2) is 0 Å². The molecule has 2 N–H and O–H groups in total. The summed E-state index contributed by atoms with van der Waals surface area (Å²) in [6.07, 6.45) is 3.04. The van der Waals surface area contributed by atoms with Crippen LogP contribution in [0.25, 0.3) is 0 Å². The zero-order valence-corrected chi connectivity index (χ0v) is 9.99. The van der Waals surface area contributed by atoms with Crippen molar-refractivity contribution in [3.63, 3.8) is 0 Å². The number of halogens is 1. The first-order valence-corrected chi connectivity index (χ1v) is 6.06. The van der Waals surface area contributed by atoms with E-state index in [1.165, 1.54) is 18.2 Å². The lowest BCUT2D eigenvalue weighted by molar-refractivity contribution is 0.0697. The summed E-state index contributed by atoms with van der Waals surface area (Å²) >= 11 is 0. The van der Waals surface area contributed by atoms with E-state index in [1.807, 2.05) is 0 Å². The lowest BCUT2D eigenvalue weighted by Crippen LogP contribution is -2.15. The largest absolute Gasteiger partial charge is 0.478 e. The fourth-order valence-electron chi connectivity index (χ4n) is 2.11. The van der Waals surface area contributed by atoms with E-state index < -0.39 is 11.8 Å². The second kappa shape index (κ2) is 5.82. The van der Waals surface area contributed by atoms with Gasteiger partial charge in [-0.1, -0.05) is 6.07 Å². The van der Waals surface area contributed by atoms with E-state index >= 15 is 0 Å². The summed E-state index contributed by atoms with van der Waals surface area (Å²) in [5.74, 6) is -1.67. The lowest BCUT2D eigenvalue weighted by Gasteiger charge is -2.13. The van der Waals surface area contributed by atoms with Gasteiger partial charge in [0, 0.05) is 13.2 Å². The summed E-state index contributed by atoms with van der Waals surface area (Å²) in [6, 6.07) is 4.03. The Hall–Kier alpha value is -1.62. The topological polar surface area (TPSA) is 58.6 Å². The third kappa shape index (κ3) is 2.98. The van der Waals surface area contributed by atoms with Crippen molar-refractivity contribution in [1.82, 2.24) is 0 Å². The number of anilines is 1. The van der Waals surface area contributed by atoms with E-state index in [1.54, 1.807) is 0 Å². The normalized spacial score (nSPS) is 18.8. The number of hydrogen-bond acceptors (Lipinski definition) is 3. The van der Waals surface area contributed by atoms with Crippen LogP contribution in [0.1, 0.15) is 29.6 Å². The Morgan fingerprint density at radius 3 is 3.06 bits per heavy atom. The summed E-state index contributed by atoms with van der Waals surface area (Å²) in [6.45, 7) is 1.29. The Kier molecular flexibility index (Phi) is 4.15. The standard InChI is InChI=1S/C13H16FNO3/c14-11-5-1-4-10(13(16)17)12(11)15-7-6-9-3-2-8-18-9/h1,4-5,9,15H,2-3,6-8H2,(H,16,17). The molecule has 0 amide bonds. The zero-order chi connectivity index (χ0) is 13.0. The molecule has 0 spiro atoms. The van der Waals surface area contributed by atoms with Gasteiger partial charge in [-0.05, 0) is 31.4 Å². The van der Waals surface area contributed by atoms with E-state index in [2.05, 4.69) is 5.32 Å². The van der Waals surface area contributed by atoms with Crippen LogP contribution in [-0.4, -0.2) is 30.3 Å². The number of nitrogens with one attached hydrogen (secondary N) is 1. The van der Waals surface area contributed by atoms with E-state index in [-0.39, 0.29) is 17.4 Å². The molecule has 1 aliphatic heterocycles. The quantitative estimate of drug-likeness (QED) is 0.846. The molecule has 1 aromatic rings. The molecular weight excluding hydrogens is 237 g/mol. The molecule has 4 nitrogen and oxygen atoms in total. The molecule has 2 rings (SSSR count). The number of carboxylic acids is 1. The summed E-state index contributed by atoms with van der Waals surface area (Å²) in [5.41, 5.74) is 0.0188. The zero-order valence-electron chi connectivity index (χ0n) is 9.99. The van der Waals surface area contributed by atoms with Crippen LogP contribution < -0.4 is 5.32 Å². The number of hydrogen-bond donors (Lipinski definition) is 2. The Bertz CT molecular complexity index is 430. The van der Waals surface area contributed by atoms with E-state index in [0.29, 0.717) is 6.54 Å². The molecule has 1 atom stereocenters. The molecule has 1 heterocycles. The Labute approximate surface area is 105 Å². The third-order valence-electron chi connectivity index (χ3n) is 3.04. The SMILES string of the molecule is O=C(O)c1cccc(F)c1NCCC1CCCO1. The van der Waals surface area contributed by atoms with Gasteiger partial charge in [0.05, 0.1) is 17.4 Å². The van der Waals surface area contributed by atoms with Crippen LogP contribution in [0.15, 0.2) is 18.2 Å². The first kappa shape index (κ1) is 12.8. The number of carboxylic acid groups (broad SMARTS) is 1. The van der Waals surface area contributed by atoms with Gasteiger partial charge in [0.1, 0.15) is 5.82 Å². The third-order valence-corrected chi connectivity index (χ3v) is 3.04. The van der Waals surface area contributed by atoms with Gasteiger partial charge in [-0.25, -0.2) is 9.18 Å². The fraction of sp³-hybridized carbons (Fsp3) is 0.462. The van der Waals surface area contributed by atoms with Crippen LogP contribution in [-0.2, 0) is 4.74 Å². The Balaban J connectivity index is 1.97. The second-order valence-corrected chi connectivity index (χ2v) is 4.32. The monoisotopic (exact) mass is 253 g/mol. The van der Waals surface area contributed by atoms with Crippen molar-refractivity contribution in [3.05, 3.63) is 29.6 Å². The molecule has 0 radical (unpaired) electrons. The molecule has 1 unspecified atom stereocenters. The maximum Gasteiger partial charge on any atom is 0.337 e. The molecule has 0 aliphatic carbocycles. The van der Waals surface area contributed by atoms with Gasteiger partial charge in [-0.2, -0.15) is 0 Å². The van der Waals surface area contributed by atoms with Gasteiger partial charge in [0.2, 0.25) is 0 Å².